The Hall–Kier alpha value is -2.99. The van der Waals surface area contributed by atoms with Gasteiger partial charge in [0.1, 0.15) is 17.1 Å². The third-order valence-electron chi connectivity index (χ3n) is 5.24. The molecule has 12 heteroatoms. The number of carbonyl (C=O) groups excluding carboxylic acids is 4. The minimum Gasteiger partial charge on any atom is -0.478 e. The number of amides is 2. The molecule has 2 amide bonds. The van der Waals surface area contributed by atoms with Crippen molar-refractivity contribution in [3.05, 3.63) is 46.7 Å². The van der Waals surface area contributed by atoms with Gasteiger partial charge in [-0.1, -0.05) is 12.1 Å². The molecule has 2 aliphatic rings. The van der Waals surface area contributed by atoms with Gasteiger partial charge in [-0.3, -0.25) is 19.3 Å². The maximum absolute atomic E-state index is 13.0. The van der Waals surface area contributed by atoms with Crippen LogP contribution in [0, 0.1) is 5.41 Å². The molecule has 1 fully saturated rings. The summed E-state index contributed by atoms with van der Waals surface area (Å²) in [7, 11) is 0. The van der Waals surface area contributed by atoms with Gasteiger partial charge < -0.3 is 19.9 Å². The van der Waals surface area contributed by atoms with Crippen LogP contribution in [0.3, 0.4) is 0 Å². The topological polar surface area (TPSA) is 139 Å². The summed E-state index contributed by atoms with van der Waals surface area (Å²) in [4.78, 5) is 63.3. The van der Waals surface area contributed by atoms with E-state index in [0.29, 0.717) is 17.1 Å². The van der Waals surface area contributed by atoms with Crippen molar-refractivity contribution >= 4 is 53.2 Å². The number of fused-ring (bicyclic) bond motifs is 1. The minimum atomic E-state index is -1.26. The summed E-state index contributed by atoms with van der Waals surface area (Å²) in [6.07, 6.45) is 1.86. The van der Waals surface area contributed by atoms with Crippen molar-refractivity contribution in [3.8, 4) is 0 Å². The maximum Gasteiger partial charge on any atom is 0.357 e. The first kappa shape index (κ1) is 26.6. The van der Waals surface area contributed by atoms with Gasteiger partial charge in [0.2, 0.25) is 6.79 Å². The van der Waals surface area contributed by atoms with Crippen molar-refractivity contribution < 1.29 is 38.6 Å². The number of rotatable bonds is 8. The van der Waals surface area contributed by atoms with Gasteiger partial charge in [0.05, 0.1) is 16.5 Å². The zero-order valence-electron chi connectivity index (χ0n) is 19.7. The van der Waals surface area contributed by atoms with Crippen molar-refractivity contribution in [2.45, 2.75) is 32.2 Å². The zero-order chi connectivity index (χ0) is 25.9. The van der Waals surface area contributed by atoms with Crippen molar-refractivity contribution in [2.75, 3.05) is 24.6 Å². The quantitative estimate of drug-likeness (QED) is 0.296. The normalized spacial score (nSPS) is 19.4. The molecule has 0 spiro atoms. The van der Waals surface area contributed by atoms with Gasteiger partial charge in [0.25, 0.3) is 11.8 Å². The number of aromatic carboxylic acids is 1. The summed E-state index contributed by atoms with van der Waals surface area (Å²) in [5, 5.41) is 11.4. The SMILES string of the molecule is CSCC1=C(C(=O)OCOC(=O)C(C)(C)C)N2C(=O)C(NC(=O)c3ccccc3C(=O)O)[C@@H]2SC1. The Bertz CT molecular complexity index is 1100. The van der Waals surface area contributed by atoms with Crippen LogP contribution >= 0.6 is 23.5 Å². The molecule has 0 bridgehead atoms. The molecular weight excluding hydrogens is 496 g/mol. The van der Waals surface area contributed by atoms with Gasteiger partial charge in [0, 0.05) is 11.5 Å². The second-order valence-electron chi connectivity index (χ2n) is 8.83. The second-order valence-corrected chi connectivity index (χ2v) is 10.8. The first-order valence-corrected chi connectivity index (χ1v) is 13.0. The van der Waals surface area contributed by atoms with E-state index in [1.807, 2.05) is 6.26 Å². The smallest absolute Gasteiger partial charge is 0.357 e. The molecule has 188 valence electrons. The molecule has 3 rings (SSSR count). The number of ether oxygens (including phenoxy) is 2. The lowest BCUT2D eigenvalue weighted by Gasteiger charge is -2.49. The average Bonchev–Trinajstić information content (AvgIpc) is 2.81. The lowest BCUT2D eigenvalue weighted by molar-refractivity contribution is -0.173. The van der Waals surface area contributed by atoms with Gasteiger partial charge >= 0.3 is 17.9 Å². The van der Waals surface area contributed by atoms with E-state index in [1.165, 1.54) is 52.7 Å². The number of nitrogens with one attached hydrogen (secondary N) is 1. The fraction of sp³-hybridized carbons (Fsp3) is 0.435. The van der Waals surface area contributed by atoms with Gasteiger partial charge in [0.15, 0.2) is 0 Å². The van der Waals surface area contributed by atoms with Crippen molar-refractivity contribution in [1.29, 1.82) is 0 Å². The highest BCUT2D eigenvalue weighted by Crippen LogP contribution is 2.41. The van der Waals surface area contributed by atoms with E-state index in [9.17, 15) is 29.1 Å². The van der Waals surface area contributed by atoms with E-state index in [2.05, 4.69) is 5.32 Å². The molecule has 35 heavy (non-hydrogen) atoms. The summed E-state index contributed by atoms with van der Waals surface area (Å²) in [5.41, 5.74) is -0.232. The standard InChI is InChI=1S/C23H26N2O8S2/c1-23(2,3)22(31)33-11-32-21(30)16-12(9-34-4)10-35-19-15(18(27)25(16)19)24-17(26)13-7-5-6-8-14(13)20(28)29/h5-8,15,19H,9-11H2,1-4H3,(H,24,26)(H,28,29)/t15?,19-/m0/s1. The molecular formula is C23H26N2O8S2. The van der Waals surface area contributed by atoms with Crippen LogP contribution in [0.15, 0.2) is 35.5 Å². The number of thioether (sulfide) groups is 2. The van der Waals surface area contributed by atoms with Crippen molar-refractivity contribution in [2.24, 2.45) is 5.41 Å². The monoisotopic (exact) mass is 522 g/mol. The van der Waals surface area contributed by atoms with Crippen LogP contribution in [0.1, 0.15) is 41.5 Å². The predicted octanol–water partition coefficient (Wildman–Crippen LogP) is 2.11. The lowest BCUT2D eigenvalue weighted by atomic mass is 9.98. The summed E-state index contributed by atoms with van der Waals surface area (Å²) in [5.74, 6) is -2.88. The Morgan fingerprint density at radius 1 is 1.17 bits per heavy atom. The first-order valence-electron chi connectivity index (χ1n) is 10.6. The summed E-state index contributed by atoms with van der Waals surface area (Å²) >= 11 is 2.86. The van der Waals surface area contributed by atoms with Crippen LogP contribution in [-0.2, 0) is 23.9 Å². The van der Waals surface area contributed by atoms with Gasteiger partial charge in [-0.25, -0.2) is 9.59 Å². The van der Waals surface area contributed by atoms with Crippen LogP contribution < -0.4 is 5.32 Å². The highest BCUT2D eigenvalue weighted by molar-refractivity contribution is 8.00. The third kappa shape index (κ3) is 5.64. The number of carboxylic acids is 1. The molecule has 2 heterocycles. The van der Waals surface area contributed by atoms with Crippen LogP contribution in [0.5, 0.6) is 0 Å². The molecule has 1 aromatic rings. The Labute approximate surface area is 210 Å². The second kappa shape index (κ2) is 10.7. The molecule has 1 aromatic carbocycles. The van der Waals surface area contributed by atoms with E-state index in [4.69, 9.17) is 9.47 Å². The van der Waals surface area contributed by atoms with Crippen molar-refractivity contribution in [3.63, 3.8) is 0 Å². The number of benzene rings is 1. The van der Waals surface area contributed by atoms with E-state index >= 15 is 0 Å². The number of esters is 2. The highest BCUT2D eigenvalue weighted by Gasteiger charge is 2.54. The van der Waals surface area contributed by atoms with Crippen LogP contribution in [0.2, 0.25) is 0 Å². The molecule has 0 radical (unpaired) electrons. The molecule has 2 aliphatic heterocycles. The highest BCUT2D eigenvalue weighted by atomic mass is 32.2. The molecule has 0 aliphatic carbocycles. The third-order valence-corrected chi connectivity index (χ3v) is 7.22. The van der Waals surface area contributed by atoms with Gasteiger partial charge in [-0.2, -0.15) is 11.8 Å². The number of hydrogen-bond donors (Lipinski definition) is 2. The number of carboxylic acid groups (broad SMARTS) is 1. The molecule has 2 N–H and O–H groups in total. The van der Waals surface area contributed by atoms with E-state index in [-0.39, 0.29) is 16.8 Å². The Kier molecular flexibility index (Phi) is 8.16. The summed E-state index contributed by atoms with van der Waals surface area (Å²) in [6.45, 7) is 4.42. The fourth-order valence-electron chi connectivity index (χ4n) is 3.46. The Balaban J connectivity index is 1.74. The molecule has 2 atom stereocenters. The minimum absolute atomic E-state index is 0.0639. The number of hydrogen-bond acceptors (Lipinski definition) is 9. The van der Waals surface area contributed by atoms with E-state index in [0.717, 1.165) is 0 Å². The van der Waals surface area contributed by atoms with E-state index in [1.54, 1.807) is 20.8 Å². The van der Waals surface area contributed by atoms with Crippen LogP contribution in [-0.4, -0.2) is 75.7 Å². The zero-order valence-corrected chi connectivity index (χ0v) is 21.3. The van der Waals surface area contributed by atoms with Gasteiger partial charge in [-0.05, 0) is 44.7 Å². The lowest BCUT2D eigenvalue weighted by Crippen LogP contribution is -2.70. The summed E-state index contributed by atoms with van der Waals surface area (Å²) < 4.78 is 10.1. The number of β-lactam (4-membered cyclic amide) rings is 1. The Morgan fingerprint density at radius 2 is 1.83 bits per heavy atom. The molecule has 0 saturated carbocycles. The van der Waals surface area contributed by atoms with E-state index < -0.39 is 53.3 Å². The first-order chi connectivity index (χ1) is 16.5. The largest absolute Gasteiger partial charge is 0.478 e. The number of carbonyl (C=O) groups is 5. The number of nitrogens with zero attached hydrogens (tertiary/aromatic N) is 1. The van der Waals surface area contributed by atoms with Crippen LogP contribution in [0.4, 0.5) is 0 Å². The van der Waals surface area contributed by atoms with Crippen LogP contribution in [0.25, 0.3) is 0 Å². The predicted molar refractivity (Wildman–Crippen MR) is 130 cm³/mol. The van der Waals surface area contributed by atoms with Gasteiger partial charge in [-0.15, -0.1) is 11.8 Å². The Morgan fingerprint density at radius 3 is 2.43 bits per heavy atom. The average molecular weight is 523 g/mol. The van der Waals surface area contributed by atoms with Crippen molar-refractivity contribution in [1.82, 2.24) is 10.2 Å². The molecule has 0 aromatic heterocycles. The molecule has 1 saturated heterocycles. The summed E-state index contributed by atoms with van der Waals surface area (Å²) in [6, 6.07) is 4.77. The molecule has 10 nitrogen and oxygen atoms in total. The fourth-order valence-corrected chi connectivity index (χ4v) is 5.53. The maximum atomic E-state index is 13.0. The molecule has 1 unspecified atom stereocenters.